The Labute approximate surface area is 316 Å². The maximum Gasteiger partial charge on any atom is 0.416 e. The van der Waals surface area contributed by atoms with E-state index in [1.165, 1.54) is 61.7 Å². The lowest BCUT2D eigenvalue weighted by Crippen LogP contribution is -2.69. The number of urea groups is 1. The van der Waals surface area contributed by atoms with Crippen LogP contribution < -0.4 is 19.7 Å². The van der Waals surface area contributed by atoms with Gasteiger partial charge in [0.2, 0.25) is 5.91 Å². The molecule has 15 heteroatoms. The fourth-order valence-electron chi connectivity index (χ4n) is 5.86. The molecule has 4 aromatic rings. The van der Waals surface area contributed by atoms with E-state index in [2.05, 4.69) is 4.98 Å². The van der Waals surface area contributed by atoms with Gasteiger partial charge in [-0.25, -0.2) is 24.3 Å². The minimum absolute atomic E-state index is 0.0494. The number of imide groups is 1. The Hall–Kier alpha value is -6.12. The number of pyridine rings is 1. The number of likely N-dealkylation sites (tertiary alicyclic amines) is 1. The number of amides is 4. The fraction of sp³-hybridized carbons (Fsp3) is 0.325. The summed E-state index contributed by atoms with van der Waals surface area (Å²) in [5.74, 6) is -1.75. The van der Waals surface area contributed by atoms with Gasteiger partial charge in [-0.2, -0.15) is 13.2 Å². The summed E-state index contributed by atoms with van der Waals surface area (Å²) in [6.07, 6.45) is -4.36. The first kappa shape index (κ1) is 40.1. The molecule has 4 amide bonds. The first-order valence-corrected chi connectivity index (χ1v) is 17.2. The van der Waals surface area contributed by atoms with E-state index in [1.807, 2.05) is 5.32 Å². The molecule has 1 fully saturated rings. The van der Waals surface area contributed by atoms with Crippen molar-refractivity contribution in [3.63, 3.8) is 0 Å². The second-order valence-electron chi connectivity index (χ2n) is 13.7. The third kappa shape index (κ3) is 10.1. The number of carbonyl (C=O) groups is 4. The molecule has 3 aromatic carbocycles. The molecule has 0 radical (unpaired) electrons. The summed E-state index contributed by atoms with van der Waals surface area (Å²) in [4.78, 5) is 60.4. The molecule has 290 valence electrons. The summed E-state index contributed by atoms with van der Waals surface area (Å²) in [5, 5.41) is 1.89. The molecule has 0 unspecified atom stereocenters. The molecule has 5 rings (SSSR count). The van der Waals surface area contributed by atoms with Gasteiger partial charge in [0.15, 0.2) is 12.1 Å². The number of β-lactam (4-membered cyclic amide) rings is 1. The lowest BCUT2D eigenvalue weighted by atomic mass is 9.82. The van der Waals surface area contributed by atoms with Gasteiger partial charge >= 0.3 is 24.3 Å². The van der Waals surface area contributed by atoms with E-state index in [-0.39, 0.29) is 31.0 Å². The maximum atomic E-state index is 14.2. The Balaban J connectivity index is 1.42. The summed E-state index contributed by atoms with van der Waals surface area (Å²) in [6.45, 7) is 4.95. The number of alkyl halides is 3. The van der Waals surface area contributed by atoms with Crippen LogP contribution in [0, 0.1) is 5.92 Å². The number of rotatable bonds is 12. The Morgan fingerprint density at radius 1 is 0.855 bits per heavy atom. The van der Waals surface area contributed by atoms with Gasteiger partial charge in [-0.15, -0.1) is 0 Å². The van der Waals surface area contributed by atoms with Crippen LogP contribution in [0.1, 0.15) is 49.1 Å². The summed E-state index contributed by atoms with van der Waals surface area (Å²) in [7, 11) is 3.02. The third-order valence-corrected chi connectivity index (χ3v) is 8.60. The standard InChI is InChI=1S/C40H41F3N4O8/c1-39(2,3)55-38(51)46(23-25-11-15-29(52-4)16-12-25)32-22-27(19-20-44-32)21-31-33(36(49)54-24-26-13-17-30(53-5)18-14-26)47(35(31)48)37(50)45-34(40(41,42)43)28-9-7-6-8-10-28/h6-20,22,31,33-34H,21,23-24H2,1-5H3,(H,45,50)/t31-,33+,34+/m1/s1. The van der Waals surface area contributed by atoms with E-state index in [1.54, 1.807) is 75.4 Å². The summed E-state index contributed by atoms with van der Waals surface area (Å²) < 4.78 is 64.1. The smallest absolute Gasteiger partial charge is 0.416 e. The summed E-state index contributed by atoms with van der Waals surface area (Å²) in [5.41, 5.74) is 0.617. The number of ether oxygens (including phenoxy) is 4. The molecule has 0 saturated carbocycles. The number of aromatic nitrogens is 1. The number of benzene rings is 3. The molecule has 12 nitrogen and oxygen atoms in total. The number of carbonyl (C=O) groups excluding carboxylic acids is 4. The van der Waals surface area contributed by atoms with Crippen molar-refractivity contribution in [2.45, 2.75) is 64.2 Å². The summed E-state index contributed by atoms with van der Waals surface area (Å²) in [6, 6.07) is 17.9. The van der Waals surface area contributed by atoms with Crippen LogP contribution in [-0.2, 0) is 38.6 Å². The average Bonchev–Trinajstić information content (AvgIpc) is 3.15. The van der Waals surface area contributed by atoms with Crippen LogP contribution >= 0.6 is 0 Å². The zero-order valence-corrected chi connectivity index (χ0v) is 30.8. The van der Waals surface area contributed by atoms with Crippen LogP contribution in [0.25, 0.3) is 0 Å². The Morgan fingerprint density at radius 2 is 1.45 bits per heavy atom. The number of esters is 1. The number of nitrogens with one attached hydrogen (secondary N) is 1. The molecule has 1 aliphatic rings. The quantitative estimate of drug-likeness (QED) is 0.118. The molecule has 1 aliphatic heterocycles. The van der Waals surface area contributed by atoms with Crippen molar-refractivity contribution in [3.8, 4) is 11.5 Å². The van der Waals surface area contributed by atoms with Crippen LogP contribution in [0.2, 0.25) is 0 Å². The Bertz CT molecular complexity index is 1970. The van der Waals surface area contributed by atoms with Crippen molar-refractivity contribution in [3.05, 3.63) is 119 Å². The normalized spacial score (nSPS) is 16.0. The molecule has 2 heterocycles. The van der Waals surface area contributed by atoms with Crippen LogP contribution in [0.15, 0.2) is 97.2 Å². The first-order valence-electron chi connectivity index (χ1n) is 17.2. The average molecular weight is 763 g/mol. The predicted molar refractivity (Wildman–Crippen MR) is 194 cm³/mol. The van der Waals surface area contributed by atoms with E-state index in [4.69, 9.17) is 18.9 Å². The van der Waals surface area contributed by atoms with E-state index in [0.717, 1.165) is 5.56 Å². The first-order chi connectivity index (χ1) is 26.1. The monoisotopic (exact) mass is 762 g/mol. The second kappa shape index (κ2) is 16.9. The number of anilines is 1. The maximum absolute atomic E-state index is 14.2. The number of hydrogen-bond acceptors (Lipinski definition) is 9. The van der Waals surface area contributed by atoms with E-state index in [0.29, 0.717) is 27.5 Å². The second-order valence-corrected chi connectivity index (χ2v) is 13.7. The largest absolute Gasteiger partial charge is 0.497 e. The van der Waals surface area contributed by atoms with E-state index < -0.39 is 53.8 Å². The van der Waals surface area contributed by atoms with Gasteiger partial charge in [-0.1, -0.05) is 54.6 Å². The van der Waals surface area contributed by atoms with Gasteiger partial charge in [-0.05, 0) is 85.8 Å². The SMILES string of the molecule is COc1ccc(COC(=O)[C@@H]2[C@@H](Cc3ccnc(N(Cc4ccc(OC)cc4)C(=O)OC(C)(C)C)c3)C(=O)N2C(=O)N[C@@H](c2ccccc2)C(F)(F)F)cc1. The summed E-state index contributed by atoms with van der Waals surface area (Å²) >= 11 is 0. The van der Waals surface area contributed by atoms with Gasteiger partial charge in [0, 0.05) is 6.20 Å². The third-order valence-electron chi connectivity index (χ3n) is 8.60. The highest BCUT2D eigenvalue weighted by Crippen LogP contribution is 2.36. The highest BCUT2D eigenvalue weighted by molar-refractivity contribution is 6.08. The molecular weight excluding hydrogens is 721 g/mol. The lowest BCUT2D eigenvalue weighted by Gasteiger charge is -2.44. The zero-order valence-electron chi connectivity index (χ0n) is 30.8. The highest BCUT2D eigenvalue weighted by Gasteiger charge is 2.56. The number of nitrogens with zero attached hydrogens (tertiary/aromatic N) is 3. The molecule has 0 spiro atoms. The highest BCUT2D eigenvalue weighted by atomic mass is 19.4. The fourth-order valence-corrected chi connectivity index (χ4v) is 5.86. The van der Waals surface area contributed by atoms with Gasteiger partial charge in [0.25, 0.3) is 0 Å². The van der Waals surface area contributed by atoms with Gasteiger partial charge in [0.1, 0.15) is 29.5 Å². The number of hydrogen-bond donors (Lipinski definition) is 1. The van der Waals surface area contributed by atoms with E-state index >= 15 is 0 Å². The van der Waals surface area contributed by atoms with Crippen molar-refractivity contribution in [1.82, 2.24) is 15.2 Å². The minimum Gasteiger partial charge on any atom is -0.497 e. The molecule has 1 N–H and O–H groups in total. The topological polar surface area (TPSA) is 137 Å². The zero-order chi connectivity index (χ0) is 39.9. The van der Waals surface area contributed by atoms with Crippen molar-refractivity contribution in [1.29, 1.82) is 0 Å². The predicted octanol–water partition coefficient (Wildman–Crippen LogP) is 7.17. The van der Waals surface area contributed by atoms with Gasteiger partial charge in [-0.3, -0.25) is 9.69 Å². The molecule has 0 bridgehead atoms. The number of halogens is 3. The van der Waals surface area contributed by atoms with Crippen molar-refractivity contribution in [2.24, 2.45) is 5.92 Å². The van der Waals surface area contributed by atoms with Gasteiger partial charge in [0.05, 0.1) is 26.7 Å². The Kier molecular flexibility index (Phi) is 12.3. The van der Waals surface area contributed by atoms with Crippen molar-refractivity contribution < 1.29 is 51.3 Å². The van der Waals surface area contributed by atoms with Crippen LogP contribution in [0.4, 0.5) is 28.6 Å². The van der Waals surface area contributed by atoms with Crippen molar-refractivity contribution >= 4 is 29.8 Å². The molecule has 1 aromatic heterocycles. The van der Waals surface area contributed by atoms with Gasteiger partial charge < -0.3 is 24.3 Å². The molecule has 0 aliphatic carbocycles. The molecular formula is C40H41F3N4O8. The van der Waals surface area contributed by atoms with Crippen LogP contribution in [-0.4, -0.2) is 65.9 Å². The molecule has 55 heavy (non-hydrogen) atoms. The Morgan fingerprint density at radius 3 is 2.02 bits per heavy atom. The van der Waals surface area contributed by atoms with Crippen LogP contribution in [0.3, 0.4) is 0 Å². The van der Waals surface area contributed by atoms with E-state index in [9.17, 15) is 32.3 Å². The van der Waals surface area contributed by atoms with Crippen LogP contribution in [0.5, 0.6) is 11.5 Å². The van der Waals surface area contributed by atoms with Crippen molar-refractivity contribution in [2.75, 3.05) is 19.1 Å². The molecule has 3 atom stereocenters. The lowest BCUT2D eigenvalue weighted by molar-refractivity contribution is -0.172. The molecule has 1 saturated heterocycles. The minimum atomic E-state index is -4.92. The number of methoxy groups -OCH3 is 2.